The third kappa shape index (κ3) is 3.26. The largest absolute Gasteiger partial charge is 0.383 e. The number of nitrogens with two attached hydrogens (primary N) is 1. The summed E-state index contributed by atoms with van der Waals surface area (Å²) >= 11 is 1.25. The summed E-state index contributed by atoms with van der Waals surface area (Å²) in [6.45, 7) is 1.98. The van der Waals surface area contributed by atoms with Crippen LogP contribution in [-0.4, -0.2) is 32.8 Å². The number of nitrogens with one attached hydrogen (secondary N) is 1. The minimum absolute atomic E-state index is 0.00790. The molecule has 0 aliphatic carbocycles. The first-order valence-electron chi connectivity index (χ1n) is 9.36. The van der Waals surface area contributed by atoms with E-state index in [9.17, 15) is 8.78 Å². The van der Waals surface area contributed by atoms with Crippen LogP contribution < -0.4 is 11.1 Å². The number of halogens is 2. The van der Waals surface area contributed by atoms with Gasteiger partial charge in [-0.25, -0.2) is 18.7 Å². The maximum absolute atomic E-state index is 14.1. The molecule has 0 amide bonds. The van der Waals surface area contributed by atoms with Crippen molar-refractivity contribution < 1.29 is 8.78 Å². The second kappa shape index (κ2) is 7.16. The van der Waals surface area contributed by atoms with Crippen molar-refractivity contribution in [3.05, 3.63) is 48.4 Å². The van der Waals surface area contributed by atoms with Crippen molar-refractivity contribution in [1.29, 1.82) is 0 Å². The lowest BCUT2D eigenvalue weighted by Gasteiger charge is -2.22. The molecule has 148 valence electrons. The van der Waals surface area contributed by atoms with E-state index in [-0.39, 0.29) is 5.52 Å². The summed E-state index contributed by atoms with van der Waals surface area (Å²) in [5.41, 5.74) is 8.45. The number of fused-ring (bicyclic) bond motifs is 1. The number of nitrogens with zero attached hydrogens (tertiary/aromatic N) is 4. The van der Waals surface area contributed by atoms with E-state index >= 15 is 0 Å². The Labute approximate surface area is 169 Å². The highest BCUT2D eigenvalue weighted by molar-refractivity contribution is 7.21. The van der Waals surface area contributed by atoms with Gasteiger partial charge in [0, 0.05) is 23.5 Å². The van der Waals surface area contributed by atoms with Crippen molar-refractivity contribution in [2.45, 2.75) is 18.9 Å². The van der Waals surface area contributed by atoms with Gasteiger partial charge in [0.15, 0.2) is 11.6 Å². The Morgan fingerprint density at radius 1 is 1.14 bits per heavy atom. The summed E-state index contributed by atoms with van der Waals surface area (Å²) in [6.07, 6.45) is 7.60. The molecular weight excluding hydrogens is 394 g/mol. The van der Waals surface area contributed by atoms with Crippen LogP contribution in [0.3, 0.4) is 0 Å². The van der Waals surface area contributed by atoms with Crippen LogP contribution in [0.25, 0.3) is 31.9 Å². The molecule has 1 aromatic carbocycles. The molecule has 1 fully saturated rings. The number of rotatable bonds is 3. The van der Waals surface area contributed by atoms with Crippen molar-refractivity contribution >= 4 is 27.4 Å². The monoisotopic (exact) mass is 412 g/mol. The van der Waals surface area contributed by atoms with Crippen molar-refractivity contribution in [2.75, 3.05) is 18.8 Å². The molecule has 4 heterocycles. The molecule has 0 spiro atoms. The Morgan fingerprint density at radius 2 is 1.97 bits per heavy atom. The molecule has 0 unspecified atom stereocenters. The van der Waals surface area contributed by atoms with Crippen molar-refractivity contribution in [1.82, 2.24) is 25.1 Å². The van der Waals surface area contributed by atoms with E-state index < -0.39 is 11.6 Å². The van der Waals surface area contributed by atoms with Crippen molar-refractivity contribution in [3.63, 3.8) is 0 Å². The summed E-state index contributed by atoms with van der Waals surface area (Å²) in [4.78, 5) is 8.57. The molecule has 1 saturated heterocycles. The number of benzene rings is 1. The molecule has 0 bridgehead atoms. The number of hydrogen-bond acceptors (Lipinski definition) is 6. The van der Waals surface area contributed by atoms with Gasteiger partial charge in [0.2, 0.25) is 0 Å². The molecule has 1 aliphatic heterocycles. The zero-order chi connectivity index (χ0) is 20.0. The van der Waals surface area contributed by atoms with E-state index in [1.807, 2.05) is 23.1 Å². The number of aromatic nitrogens is 4. The van der Waals surface area contributed by atoms with E-state index in [1.54, 1.807) is 6.20 Å². The number of hydrogen-bond donors (Lipinski definition) is 2. The maximum Gasteiger partial charge on any atom is 0.185 e. The molecule has 0 atom stereocenters. The first-order valence-corrected chi connectivity index (χ1v) is 10.2. The van der Waals surface area contributed by atoms with E-state index in [1.165, 1.54) is 17.4 Å². The first kappa shape index (κ1) is 18.1. The molecule has 9 heteroatoms. The van der Waals surface area contributed by atoms with E-state index in [0.29, 0.717) is 27.1 Å². The second-order valence-electron chi connectivity index (χ2n) is 7.07. The Bertz CT molecular complexity index is 1200. The highest BCUT2D eigenvalue weighted by atomic mass is 32.1. The van der Waals surface area contributed by atoms with Gasteiger partial charge in [-0.05, 0) is 44.1 Å². The fraction of sp³-hybridized carbons (Fsp3) is 0.250. The van der Waals surface area contributed by atoms with Gasteiger partial charge >= 0.3 is 0 Å². The minimum Gasteiger partial charge on any atom is -0.383 e. The van der Waals surface area contributed by atoms with Crippen LogP contribution >= 0.6 is 11.3 Å². The number of anilines is 1. The molecule has 4 aromatic rings. The van der Waals surface area contributed by atoms with Crippen molar-refractivity contribution in [3.8, 4) is 21.7 Å². The second-order valence-corrected chi connectivity index (χ2v) is 8.10. The quantitative estimate of drug-likeness (QED) is 0.531. The van der Waals surface area contributed by atoms with Crippen LogP contribution in [0.15, 0.2) is 36.8 Å². The summed E-state index contributed by atoms with van der Waals surface area (Å²) < 4.78 is 30.1. The smallest absolute Gasteiger partial charge is 0.185 e. The van der Waals surface area contributed by atoms with Crippen LogP contribution in [0.1, 0.15) is 18.9 Å². The summed E-state index contributed by atoms with van der Waals surface area (Å²) in [6, 6.07) is 4.88. The molecule has 29 heavy (non-hydrogen) atoms. The van der Waals surface area contributed by atoms with Gasteiger partial charge in [-0.2, -0.15) is 5.10 Å². The van der Waals surface area contributed by atoms with Crippen LogP contribution in [0.4, 0.5) is 14.6 Å². The fourth-order valence-electron chi connectivity index (χ4n) is 3.62. The molecular formula is C20H18F2N6S. The first-order chi connectivity index (χ1) is 14.1. The number of pyridine rings is 1. The third-order valence-corrected chi connectivity index (χ3v) is 6.27. The Morgan fingerprint density at radius 3 is 2.79 bits per heavy atom. The van der Waals surface area contributed by atoms with Crippen LogP contribution in [0.2, 0.25) is 0 Å². The zero-order valence-corrected chi connectivity index (χ0v) is 16.2. The average molecular weight is 412 g/mol. The van der Waals surface area contributed by atoms with Gasteiger partial charge in [-0.15, -0.1) is 11.3 Å². The van der Waals surface area contributed by atoms with Gasteiger partial charge in [0.25, 0.3) is 0 Å². The third-order valence-electron chi connectivity index (χ3n) is 5.22. The van der Waals surface area contributed by atoms with Crippen LogP contribution in [0.5, 0.6) is 0 Å². The average Bonchev–Trinajstić information content (AvgIpc) is 3.40. The predicted octanol–water partition coefficient (Wildman–Crippen LogP) is 4.01. The van der Waals surface area contributed by atoms with Gasteiger partial charge in [-0.1, -0.05) is 0 Å². The standard InChI is InChI=1S/C20H18F2N6S/c21-15-1-2-16-18(17(15)22)27-20(29-16)14-7-11(8-25-19(14)23)12-9-26-28(10-12)13-3-5-24-6-4-13/h1-2,7-10,13,24H,3-6H2,(H2,23,25). The summed E-state index contributed by atoms with van der Waals surface area (Å²) in [5.74, 6) is -1.57. The Kier molecular flexibility index (Phi) is 4.48. The van der Waals surface area contributed by atoms with Crippen LogP contribution in [-0.2, 0) is 0 Å². The lowest BCUT2D eigenvalue weighted by atomic mass is 10.1. The molecule has 3 aromatic heterocycles. The zero-order valence-electron chi connectivity index (χ0n) is 15.4. The number of piperidine rings is 1. The van der Waals surface area contributed by atoms with Gasteiger partial charge < -0.3 is 11.1 Å². The molecule has 0 saturated carbocycles. The lowest BCUT2D eigenvalue weighted by Crippen LogP contribution is -2.29. The topological polar surface area (TPSA) is 81.6 Å². The molecule has 1 aliphatic rings. The molecule has 3 N–H and O–H groups in total. The van der Waals surface area contributed by atoms with Gasteiger partial charge in [-0.3, -0.25) is 4.68 Å². The summed E-state index contributed by atoms with van der Waals surface area (Å²) in [5, 5.41) is 8.38. The Hall–Kier alpha value is -2.91. The maximum atomic E-state index is 14.1. The van der Waals surface area contributed by atoms with Crippen LogP contribution in [0, 0.1) is 11.6 Å². The van der Waals surface area contributed by atoms with Crippen molar-refractivity contribution in [2.24, 2.45) is 0 Å². The normalized spacial score (nSPS) is 15.2. The van der Waals surface area contributed by atoms with E-state index in [2.05, 4.69) is 20.4 Å². The van der Waals surface area contributed by atoms with Gasteiger partial charge in [0.1, 0.15) is 16.3 Å². The lowest BCUT2D eigenvalue weighted by molar-refractivity contribution is 0.343. The van der Waals surface area contributed by atoms with E-state index in [0.717, 1.165) is 43.1 Å². The predicted molar refractivity (Wildman–Crippen MR) is 110 cm³/mol. The molecule has 6 nitrogen and oxygen atoms in total. The number of nitrogen functional groups attached to an aromatic ring is 1. The molecule has 0 radical (unpaired) electrons. The highest BCUT2D eigenvalue weighted by Crippen LogP contribution is 2.36. The molecule has 5 rings (SSSR count). The summed E-state index contributed by atoms with van der Waals surface area (Å²) in [7, 11) is 0. The van der Waals surface area contributed by atoms with Gasteiger partial charge in [0.05, 0.1) is 22.5 Å². The fourth-order valence-corrected chi connectivity index (χ4v) is 4.60. The minimum atomic E-state index is -0.948. The number of thiazole rings is 1. The van der Waals surface area contributed by atoms with E-state index in [4.69, 9.17) is 5.73 Å². The Balaban J connectivity index is 1.53. The SMILES string of the molecule is Nc1ncc(-c2cnn(C3CCNCC3)c2)cc1-c1nc2c(F)c(F)ccc2s1. The highest BCUT2D eigenvalue weighted by Gasteiger charge is 2.18.